The first-order valence-electron chi connectivity index (χ1n) is 5.07. The summed E-state index contributed by atoms with van der Waals surface area (Å²) in [6.45, 7) is 3.77. The van der Waals surface area contributed by atoms with Crippen LogP contribution in [0.2, 0.25) is 0 Å². The molecular weight excluding hydrogens is 257 g/mol. The van der Waals surface area contributed by atoms with Crippen LogP contribution in [0.3, 0.4) is 0 Å². The normalized spacial score (nSPS) is 10.4. The van der Waals surface area contributed by atoms with Gasteiger partial charge < -0.3 is 10.4 Å². The van der Waals surface area contributed by atoms with Crippen molar-refractivity contribution in [2.24, 2.45) is 0 Å². The second-order valence-corrected chi connectivity index (χ2v) is 4.84. The zero-order valence-corrected chi connectivity index (χ0v) is 10.5. The third kappa shape index (κ3) is 2.45. The van der Waals surface area contributed by atoms with Crippen LogP contribution in [0.15, 0.2) is 12.3 Å². The molecule has 2 rings (SSSR count). The highest BCUT2D eigenvalue weighted by Gasteiger charge is 2.14. The van der Waals surface area contributed by atoms with Gasteiger partial charge in [0.05, 0.1) is 11.9 Å². The van der Waals surface area contributed by atoms with Crippen molar-refractivity contribution < 1.29 is 14.3 Å². The van der Waals surface area contributed by atoms with Crippen molar-refractivity contribution in [1.29, 1.82) is 0 Å². The van der Waals surface area contributed by atoms with Crippen molar-refractivity contribution in [2.75, 3.05) is 5.32 Å². The Morgan fingerprint density at radius 3 is 2.78 bits per heavy atom. The van der Waals surface area contributed by atoms with Crippen LogP contribution in [-0.2, 0) is 0 Å². The fraction of sp³-hybridized carbons (Fsp3) is 0.182. The number of hydrogen-bond acceptors (Lipinski definition) is 5. The summed E-state index contributed by atoms with van der Waals surface area (Å²) < 4.78 is 12.9. The number of rotatable bonds is 3. The van der Waals surface area contributed by atoms with Gasteiger partial charge >= 0.3 is 5.97 Å². The number of carboxylic acids is 1. The molecule has 18 heavy (non-hydrogen) atoms. The highest BCUT2D eigenvalue weighted by molar-refractivity contribution is 7.15. The first-order valence-corrected chi connectivity index (χ1v) is 5.89. The quantitative estimate of drug-likeness (QED) is 0.894. The lowest BCUT2D eigenvalue weighted by atomic mass is 10.2. The van der Waals surface area contributed by atoms with Gasteiger partial charge in [0.15, 0.2) is 5.13 Å². The summed E-state index contributed by atoms with van der Waals surface area (Å²) in [5, 5.41) is 12.3. The zero-order chi connectivity index (χ0) is 13.3. The number of carbonyl (C=O) groups is 1. The van der Waals surface area contributed by atoms with Crippen LogP contribution < -0.4 is 5.32 Å². The lowest BCUT2D eigenvalue weighted by Crippen LogP contribution is -2.05. The number of aromatic carboxylic acids is 1. The van der Waals surface area contributed by atoms with Crippen molar-refractivity contribution in [3.63, 3.8) is 0 Å². The summed E-state index contributed by atoms with van der Waals surface area (Å²) in [5.41, 5.74) is 0.641. The monoisotopic (exact) mass is 267 g/mol. The molecule has 2 N–H and O–H groups in total. The van der Waals surface area contributed by atoms with Crippen molar-refractivity contribution >= 4 is 28.3 Å². The van der Waals surface area contributed by atoms with E-state index in [0.717, 1.165) is 22.8 Å². The van der Waals surface area contributed by atoms with Crippen LogP contribution in [0.1, 0.15) is 20.9 Å². The molecule has 0 unspecified atom stereocenters. The van der Waals surface area contributed by atoms with Crippen LogP contribution in [0.25, 0.3) is 0 Å². The number of anilines is 2. The smallest absolute Gasteiger partial charge is 0.339 e. The predicted molar refractivity (Wildman–Crippen MR) is 66.0 cm³/mol. The number of aromatic nitrogens is 2. The Hall–Kier alpha value is -2.02. The second kappa shape index (κ2) is 4.69. The van der Waals surface area contributed by atoms with E-state index in [4.69, 9.17) is 5.11 Å². The van der Waals surface area contributed by atoms with Crippen molar-refractivity contribution in [1.82, 2.24) is 9.97 Å². The summed E-state index contributed by atoms with van der Waals surface area (Å²) in [6, 6.07) is 0.922. The lowest BCUT2D eigenvalue weighted by Gasteiger charge is -2.05. The minimum Gasteiger partial charge on any atom is -0.478 e. The zero-order valence-electron chi connectivity index (χ0n) is 9.69. The van der Waals surface area contributed by atoms with E-state index in [1.54, 1.807) is 0 Å². The topological polar surface area (TPSA) is 75.1 Å². The molecular formula is C11H10FN3O2S. The van der Waals surface area contributed by atoms with E-state index in [1.165, 1.54) is 11.3 Å². The van der Waals surface area contributed by atoms with E-state index < -0.39 is 11.8 Å². The maximum atomic E-state index is 12.9. The number of hydrogen-bond donors (Lipinski definition) is 2. The molecule has 2 aromatic rings. The van der Waals surface area contributed by atoms with Gasteiger partial charge in [-0.1, -0.05) is 0 Å². The summed E-state index contributed by atoms with van der Waals surface area (Å²) >= 11 is 1.38. The SMILES string of the molecule is Cc1nc(Nc2ncc(F)cc2C(=O)O)sc1C. The molecule has 0 saturated heterocycles. The molecule has 5 nitrogen and oxygen atoms in total. The Kier molecular flexibility index (Phi) is 3.24. The molecule has 7 heteroatoms. The van der Waals surface area contributed by atoms with Crippen LogP contribution in [0.5, 0.6) is 0 Å². The van der Waals surface area contributed by atoms with Gasteiger partial charge in [-0.2, -0.15) is 0 Å². The Bertz CT molecular complexity index is 593. The van der Waals surface area contributed by atoms with Gasteiger partial charge in [0.1, 0.15) is 17.2 Å². The predicted octanol–water partition coefficient (Wildman–Crippen LogP) is 2.74. The minimum absolute atomic E-state index is 0.0812. The Balaban J connectivity index is 2.36. The highest BCUT2D eigenvalue weighted by Crippen LogP contribution is 2.25. The number of nitrogens with one attached hydrogen (secondary N) is 1. The van der Waals surface area contributed by atoms with E-state index in [-0.39, 0.29) is 11.4 Å². The minimum atomic E-state index is -1.24. The number of pyridine rings is 1. The van der Waals surface area contributed by atoms with E-state index in [1.807, 2.05) is 13.8 Å². The molecule has 0 aliphatic rings. The molecule has 94 valence electrons. The average molecular weight is 267 g/mol. The third-order valence-corrected chi connectivity index (χ3v) is 3.33. The van der Waals surface area contributed by atoms with Gasteiger partial charge in [-0.3, -0.25) is 0 Å². The highest BCUT2D eigenvalue weighted by atomic mass is 32.1. The van der Waals surface area contributed by atoms with Gasteiger partial charge in [-0.05, 0) is 19.9 Å². The molecule has 0 saturated carbocycles. The van der Waals surface area contributed by atoms with Crippen LogP contribution in [-0.4, -0.2) is 21.0 Å². The van der Waals surface area contributed by atoms with Crippen molar-refractivity contribution in [3.05, 3.63) is 34.2 Å². The van der Waals surface area contributed by atoms with Crippen LogP contribution >= 0.6 is 11.3 Å². The number of halogens is 1. The van der Waals surface area contributed by atoms with E-state index in [0.29, 0.717) is 5.13 Å². The molecule has 2 heterocycles. The van der Waals surface area contributed by atoms with Gasteiger partial charge in [-0.15, -0.1) is 11.3 Å². The first kappa shape index (κ1) is 12.4. The van der Waals surface area contributed by atoms with Crippen LogP contribution in [0.4, 0.5) is 15.3 Å². The number of aryl methyl sites for hydroxylation is 2. The van der Waals surface area contributed by atoms with Gasteiger partial charge in [0.2, 0.25) is 0 Å². The molecule has 0 atom stereocenters. The van der Waals surface area contributed by atoms with Crippen molar-refractivity contribution in [3.8, 4) is 0 Å². The standard InChI is InChI=1S/C11H10FN3O2S/c1-5-6(2)18-11(14-5)15-9-8(10(16)17)3-7(12)4-13-9/h3-4H,1-2H3,(H,16,17)(H,13,14,15). The number of nitrogens with zero attached hydrogens (tertiary/aromatic N) is 2. The fourth-order valence-electron chi connectivity index (χ4n) is 1.33. The Morgan fingerprint density at radius 2 is 2.22 bits per heavy atom. The van der Waals surface area contributed by atoms with E-state index in [9.17, 15) is 9.18 Å². The second-order valence-electron chi connectivity index (χ2n) is 3.64. The lowest BCUT2D eigenvalue weighted by molar-refractivity contribution is 0.0697. The molecule has 0 aliphatic heterocycles. The molecule has 0 spiro atoms. The molecule has 0 amide bonds. The summed E-state index contributed by atoms with van der Waals surface area (Å²) in [7, 11) is 0. The molecule has 2 aromatic heterocycles. The van der Waals surface area contributed by atoms with E-state index >= 15 is 0 Å². The fourth-order valence-corrected chi connectivity index (χ4v) is 2.14. The molecule has 0 bridgehead atoms. The number of thiazole rings is 1. The molecule has 0 radical (unpaired) electrons. The third-order valence-electron chi connectivity index (χ3n) is 2.34. The van der Waals surface area contributed by atoms with E-state index in [2.05, 4.69) is 15.3 Å². The summed E-state index contributed by atoms with van der Waals surface area (Å²) in [5.74, 6) is -1.85. The largest absolute Gasteiger partial charge is 0.478 e. The maximum Gasteiger partial charge on any atom is 0.339 e. The number of carboxylic acid groups (broad SMARTS) is 1. The van der Waals surface area contributed by atoms with Gasteiger partial charge in [0.25, 0.3) is 0 Å². The van der Waals surface area contributed by atoms with Gasteiger partial charge in [0, 0.05) is 4.88 Å². The molecule has 0 aliphatic carbocycles. The average Bonchev–Trinajstić information content (AvgIpc) is 2.60. The molecule has 0 fully saturated rings. The first-order chi connectivity index (χ1) is 8.47. The Morgan fingerprint density at radius 1 is 1.50 bits per heavy atom. The summed E-state index contributed by atoms with van der Waals surface area (Å²) in [4.78, 5) is 19.9. The van der Waals surface area contributed by atoms with Gasteiger partial charge in [-0.25, -0.2) is 19.2 Å². The maximum absolute atomic E-state index is 12.9. The summed E-state index contributed by atoms with van der Waals surface area (Å²) in [6.07, 6.45) is 0.960. The Labute approximate surface area is 106 Å². The molecule has 0 aromatic carbocycles. The van der Waals surface area contributed by atoms with Crippen molar-refractivity contribution in [2.45, 2.75) is 13.8 Å². The van der Waals surface area contributed by atoms with Crippen LogP contribution in [0, 0.1) is 19.7 Å².